The maximum Gasteiger partial charge on any atom is 0.453 e. The molecule has 0 atom stereocenters. The average Bonchev–Trinajstić information content (AvgIpc) is 2.33. The van der Waals surface area contributed by atoms with Crippen molar-refractivity contribution in [2.45, 2.75) is 51.1 Å². The molecule has 0 saturated carbocycles. The molecule has 0 aliphatic rings. The lowest BCUT2D eigenvalue weighted by Gasteiger charge is -2.19. The molecule has 0 heterocycles. The summed E-state index contributed by atoms with van der Waals surface area (Å²) >= 11 is 1.29. The standard InChI is InChI=1S/C12H19F5O2S/c1-2-7-19-10(18)9-20-8-5-3-4-6-11(13,14)12(15,16)17/h2-9H2,1H3. The Morgan fingerprint density at radius 1 is 1.10 bits per heavy atom. The summed E-state index contributed by atoms with van der Waals surface area (Å²) in [5.41, 5.74) is 0. The first-order valence-electron chi connectivity index (χ1n) is 6.38. The normalized spacial score (nSPS) is 12.5. The van der Waals surface area contributed by atoms with Gasteiger partial charge in [-0.3, -0.25) is 4.79 Å². The second-order valence-corrected chi connectivity index (χ2v) is 5.39. The summed E-state index contributed by atoms with van der Waals surface area (Å²) in [6.07, 6.45) is -5.32. The van der Waals surface area contributed by atoms with Crippen LogP contribution in [0.4, 0.5) is 22.0 Å². The molecule has 0 fully saturated rings. The van der Waals surface area contributed by atoms with Crippen LogP contribution in [0.25, 0.3) is 0 Å². The molecule has 2 nitrogen and oxygen atoms in total. The van der Waals surface area contributed by atoms with Crippen molar-refractivity contribution >= 4 is 17.7 Å². The predicted octanol–water partition coefficient (Wildman–Crippen LogP) is 4.43. The van der Waals surface area contributed by atoms with Gasteiger partial charge in [0.05, 0.1) is 12.4 Å². The molecule has 20 heavy (non-hydrogen) atoms. The highest BCUT2D eigenvalue weighted by atomic mass is 32.2. The molecule has 8 heteroatoms. The lowest BCUT2D eigenvalue weighted by atomic mass is 10.1. The lowest BCUT2D eigenvalue weighted by Crippen LogP contribution is -2.36. The summed E-state index contributed by atoms with van der Waals surface area (Å²) in [6, 6.07) is 0. The number of carbonyl (C=O) groups is 1. The largest absolute Gasteiger partial charge is 0.465 e. The van der Waals surface area contributed by atoms with Crippen LogP contribution >= 0.6 is 11.8 Å². The smallest absolute Gasteiger partial charge is 0.453 e. The number of ether oxygens (including phenoxy) is 1. The Balaban J connectivity index is 3.52. The SMILES string of the molecule is CCCOC(=O)CSCCCCCC(F)(F)C(F)(F)F. The van der Waals surface area contributed by atoms with Crippen molar-refractivity contribution in [1.82, 2.24) is 0 Å². The number of unbranched alkanes of at least 4 members (excludes halogenated alkanes) is 2. The average molecular weight is 322 g/mol. The van der Waals surface area contributed by atoms with E-state index in [0.29, 0.717) is 18.8 Å². The third kappa shape index (κ3) is 8.60. The van der Waals surface area contributed by atoms with Gasteiger partial charge in [0.15, 0.2) is 0 Å². The number of esters is 1. The molecule has 0 bridgehead atoms. The highest BCUT2D eigenvalue weighted by Crippen LogP contribution is 2.39. The summed E-state index contributed by atoms with van der Waals surface area (Å²) < 4.78 is 65.4. The van der Waals surface area contributed by atoms with Crippen molar-refractivity contribution in [3.63, 3.8) is 0 Å². The van der Waals surface area contributed by atoms with Crippen molar-refractivity contribution < 1.29 is 31.5 Å². The fraction of sp³-hybridized carbons (Fsp3) is 0.917. The first-order valence-corrected chi connectivity index (χ1v) is 7.54. The monoisotopic (exact) mass is 322 g/mol. The van der Waals surface area contributed by atoms with Crippen LogP contribution in [-0.2, 0) is 9.53 Å². The molecule has 0 spiro atoms. The van der Waals surface area contributed by atoms with E-state index in [4.69, 9.17) is 4.74 Å². The molecule has 0 aromatic heterocycles. The van der Waals surface area contributed by atoms with Gasteiger partial charge in [-0.1, -0.05) is 13.3 Å². The zero-order chi connectivity index (χ0) is 15.6. The van der Waals surface area contributed by atoms with Gasteiger partial charge in [-0.25, -0.2) is 0 Å². The van der Waals surface area contributed by atoms with Crippen molar-refractivity contribution in [1.29, 1.82) is 0 Å². The number of hydrogen-bond donors (Lipinski definition) is 0. The molecule has 0 rings (SSSR count). The zero-order valence-electron chi connectivity index (χ0n) is 11.3. The van der Waals surface area contributed by atoms with E-state index < -0.39 is 18.5 Å². The number of carbonyl (C=O) groups excluding carboxylic acids is 1. The van der Waals surface area contributed by atoms with E-state index in [1.807, 2.05) is 6.92 Å². The minimum absolute atomic E-state index is 0.179. The van der Waals surface area contributed by atoms with E-state index in [9.17, 15) is 26.7 Å². The minimum Gasteiger partial charge on any atom is -0.465 e. The Bertz CT molecular complexity index is 282. The molecule has 0 aromatic carbocycles. The fourth-order valence-corrected chi connectivity index (χ4v) is 2.09. The second-order valence-electron chi connectivity index (χ2n) is 4.29. The molecule has 0 aromatic rings. The van der Waals surface area contributed by atoms with E-state index >= 15 is 0 Å². The van der Waals surface area contributed by atoms with Gasteiger partial charge >= 0.3 is 18.1 Å². The fourth-order valence-electron chi connectivity index (χ4n) is 1.28. The van der Waals surface area contributed by atoms with Crippen LogP contribution in [0, 0.1) is 0 Å². The van der Waals surface area contributed by atoms with Gasteiger partial charge in [0.25, 0.3) is 0 Å². The molecule has 0 aliphatic carbocycles. The molecular formula is C12H19F5O2S. The van der Waals surface area contributed by atoms with E-state index in [0.717, 1.165) is 6.42 Å². The molecule has 0 saturated heterocycles. The van der Waals surface area contributed by atoms with E-state index in [-0.39, 0.29) is 24.6 Å². The van der Waals surface area contributed by atoms with Gasteiger partial charge in [-0.2, -0.15) is 33.7 Å². The minimum atomic E-state index is -5.47. The van der Waals surface area contributed by atoms with Gasteiger partial charge in [0.1, 0.15) is 0 Å². The summed E-state index contributed by atoms with van der Waals surface area (Å²) in [5, 5.41) is 0. The number of thioether (sulfide) groups is 1. The third-order valence-corrected chi connectivity index (χ3v) is 3.40. The highest BCUT2D eigenvalue weighted by Gasteiger charge is 2.56. The summed E-state index contributed by atoms with van der Waals surface area (Å²) in [7, 11) is 0. The van der Waals surface area contributed by atoms with Crippen LogP contribution in [0.3, 0.4) is 0 Å². The van der Waals surface area contributed by atoms with Gasteiger partial charge < -0.3 is 4.74 Å². The Labute approximate surface area is 119 Å². The number of alkyl halides is 5. The Morgan fingerprint density at radius 2 is 1.75 bits per heavy atom. The van der Waals surface area contributed by atoms with E-state index in [1.165, 1.54) is 11.8 Å². The zero-order valence-corrected chi connectivity index (χ0v) is 12.1. The van der Waals surface area contributed by atoms with Crippen LogP contribution in [0.2, 0.25) is 0 Å². The molecule has 120 valence electrons. The molecule has 0 amide bonds. The van der Waals surface area contributed by atoms with E-state index in [2.05, 4.69) is 0 Å². The number of hydrogen-bond acceptors (Lipinski definition) is 3. The Kier molecular flexibility index (Phi) is 9.16. The topological polar surface area (TPSA) is 26.3 Å². The number of halogens is 5. The van der Waals surface area contributed by atoms with Gasteiger partial charge in [0, 0.05) is 6.42 Å². The van der Waals surface area contributed by atoms with E-state index in [1.54, 1.807) is 0 Å². The molecule has 0 radical (unpaired) electrons. The number of rotatable bonds is 10. The second kappa shape index (κ2) is 9.41. The quantitative estimate of drug-likeness (QED) is 0.338. The lowest BCUT2D eigenvalue weighted by molar-refractivity contribution is -0.284. The van der Waals surface area contributed by atoms with Gasteiger partial charge in [-0.05, 0) is 25.0 Å². The Morgan fingerprint density at radius 3 is 2.30 bits per heavy atom. The van der Waals surface area contributed by atoms with Crippen LogP contribution in [0.1, 0.15) is 39.0 Å². The molecular weight excluding hydrogens is 303 g/mol. The summed E-state index contributed by atoms with van der Waals surface area (Å²) in [5.74, 6) is -4.22. The highest BCUT2D eigenvalue weighted by molar-refractivity contribution is 7.99. The first kappa shape index (κ1) is 19.5. The molecule has 0 N–H and O–H groups in total. The van der Waals surface area contributed by atoms with Gasteiger partial charge in [0.2, 0.25) is 0 Å². The molecule has 0 unspecified atom stereocenters. The van der Waals surface area contributed by atoms with Crippen molar-refractivity contribution in [2.75, 3.05) is 18.1 Å². The third-order valence-electron chi connectivity index (χ3n) is 2.38. The predicted molar refractivity (Wildman–Crippen MR) is 68.0 cm³/mol. The van der Waals surface area contributed by atoms with Crippen molar-refractivity contribution in [3.8, 4) is 0 Å². The maximum absolute atomic E-state index is 12.5. The maximum atomic E-state index is 12.5. The summed E-state index contributed by atoms with van der Waals surface area (Å²) in [6.45, 7) is 2.24. The summed E-state index contributed by atoms with van der Waals surface area (Å²) in [4.78, 5) is 11.1. The van der Waals surface area contributed by atoms with Crippen LogP contribution in [0.15, 0.2) is 0 Å². The van der Waals surface area contributed by atoms with Crippen LogP contribution < -0.4 is 0 Å². The Hall–Kier alpha value is -0.530. The van der Waals surface area contributed by atoms with Crippen molar-refractivity contribution in [3.05, 3.63) is 0 Å². The van der Waals surface area contributed by atoms with Crippen LogP contribution in [0.5, 0.6) is 0 Å². The first-order chi connectivity index (χ1) is 9.20. The molecule has 0 aliphatic heterocycles. The van der Waals surface area contributed by atoms with Gasteiger partial charge in [-0.15, -0.1) is 0 Å². The van der Waals surface area contributed by atoms with Crippen molar-refractivity contribution in [2.24, 2.45) is 0 Å². The van der Waals surface area contributed by atoms with Crippen LogP contribution in [-0.4, -0.2) is 36.2 Å².